The molecular weight excluding hydrogens is 172 g/mol. The lowest BCUT2D eigenvalue weighted by atomic mass is 9.86. The molecule has 1 aliphatic rings. The molecule has 2 rings (SSSR count). The van der Waals surface area contributed by atoms with Crippen molar-refractivity contribution in [1.82, 2.24) is 0 Å². The normalized spacial score (nSPS) is 26.4. The molecule has 1 heteroatoms. The molecule has 1 nitrogen and oxygen atoms in total. The van der Waals surface area contributed by atoms with Crippen molar-refractivity contribution < 1.29 is 5.11 Å². The Morgan fingerprint density at radius 2 is 2.00 bits per heavy atom. The van der Waals surface area contributed by atoms with Gasteiger partial charge in [-0.3, -0.25) is 0 Å². The van der Waals surface area contributed by atoms with Gasteiger partial charge in [-0.1, -0.05) is 42.5 Å². The predicted octanol–water partition coefficient (Wildman–Crippen LogP) is 2.56. The highest BCUT2D eigenvalue weighted by Crippen LogP contribution is 2.22. The van der Waals surface area contributed by atoms with Crippen molar-refractivity contribution in [3.05, 3.63) is 48.0 Å². The summed E-state index contributed by atoms with van der Waals surface area (Å²) in [5.41, 5.74) is 1.33. The Bertz CT molecular complexity index is 302. The Kier molecular flexibility index (Phi) is 3.00. The van der Waals surface area contributed by atoms with Gasteiger partial charge in [0.2, 0.25) is 0 Å². The second-order valence-corrected chi connectivity index (χ2v) is 3.95. The van der Waals surface area contributed by atoms with Crippen LogP contribution in [0.15, 0.2) is 42.5 Å². The van der Waals surface area contributed by atoms with Gasteiger partial charge in [-0.25, -0.2) is 0 Å². The van der Waals surface area contributed by atoms with E-state index in [0.717, 1.165) is 19.3 Å². The Balaban J connectivity index is 2.01. The van der Waals surface area contributed by atoms with Crippen LogP contribution < -0.4 is 0 Å². The van der Waals surface area contributed by atoms with E-state index in [1.807, 2.05) is 12.1 Å². The van der Waals surface area contributed by atoms with E-state index in [4.69, 9.17) is 0 Å². The molecule has 1 aromatic carbocycles. The van der Waals surface area contributed by atoms with Gasteiger partial charge >= 0.3 is 0 Å². The second-order valence-electron chi connectivity index (χ2n) is 3.95. The molecule has 0 spiro atoms. The molecule has 0 aromatic heterocycles. The Morgan fingerprint density at radius 1 is 1.21 bits per heavy atom. The zero-order valence-electron chi connectivity index (χ0n) is 8.26. The van der Waals surface area contributed by atoms with Gasteiger partial charge < -0.3 is 5.11 Å². The molecule has 1 aliphatic carbocycles. The maximum Gasteiger partial charge on any atom is 0.0752 e. The molecule has 74 valence electrons. The van der Waals surface area contributed by atoms with Crippen molar-refractivity contribution in [3.8, 4) is 0 Å². The molecule has 0 amide bonds. The zero-order chi connectivity index (χ0) is 9.80. The summed E-state index contributed by atoms with van der Waals surface area (Å²) < 4.78 is 0. The molecule has 0 fully saturated rings. The van der Waals surface area contributed by atoms with Crippen LogP contribution in [-0.4, -0.2) is 11.2 Å². The summed E-state index contributed by atoms with van der Waals surface area (Å²) in [6, 6.07) is 10.4. The Hall–Kier alpha value is -1.08. The third-order valence-corrected chi connectivity index (χ3v) is 2.86. The largest absolute Gasteiger partial charge is 0.389 e. The number of hydrogen-bond donors (Lipinski definition) is 1. The molecule has 0 saturated carbocycles. The van der Waals surface area contributed by atoms with Crippen molar-refractivity contribution in [3.63, 3.8) is 0 Å². The first kappa shape index (κ1) is 9.47. The average Bonchev–Trinajstić information content (AvgIpc) is 2.23. The van der Waals surface area contributed by atoms with Gasteiger partial charge in [0.1, 0.15) is 0 Å². The second kappa shape index (κ2) is 4.43. The number of hydrogen-bond acceptors (Lipinski definition) is 1. The fourth-order valence-corrected chi connectivity index (χ4v) is 2.01. The van der Waals surface area contributed by atoms with E-state index < -0.39 is 0 Å². The van der Waals surface area contributed by atoms with Crippen LogP contribution in [0.3, 0.4) is 0 Å². The van der Waals surface area contributed by atoms with E-state index >= 15 is 0 Å². The Morgan fingerprint density at radius 3 is 2.71 bits per heavy atom. The van der Waals surface area contributed by atoms with E-state index in [9.17, 15) is 5.11 Å². The van der Waals surface area contributed by atoms with Crippen molar-refractivity contribution in [2.24, 2.45) is 5.92 Å². The lowest BCUT2D eigenvalue weighted by molar-refractivity contribution is 0.140. The standard InChI is InChI=1S/C13H16O/c14-13-9-5-4-8-12(13)10-11-6-2-1-3-7-11/h1-3,5-7,9,12-14H,4,8,10H2/t12-,13+/m1/s1. The molecule has 0 heterocycles. The monoisotopic (exact) mass is 188 g/mol. The number of rotatable bonds is 2. The van der Waals surface area contributed by atoms with Crippen LogP contribution in [0.2, 0.25) is 0 Å². The fraction of sp³-hybridized carbons (Fsp3) is 0.385. The smallest absolute Gasteiger partial charge is 0.0752 e. The van der Waals surface area contributed by atoms with Crippen molar-refractivity contribution in [1.29, 1.82) is 0 Å². The van der Waals surface area contributed by atoms with Crippen molar-refractivity contribution in [2.75, 3.05) is 0 Å². The van der Waals surface area contributed by atoms with Crippen LogP contribution in [0.25, 0.3) is 0 Å². The van der Waals surface area contributed by atoms with Crippen LogP contribution in [0.5, 0.6) is 0 Å². The SMILES string of the molecule is O[C@H]1C=CCC[C@@H]1Cc1ccccc1. The highest BCUT2D eigenvalue weighted by Gasteiger charge is 2.19. The van der Waals surface area contributed by atoms with E-state index in [2.05, 4.69) is 30.3 Å². The maximum atomic E-state index is 9.74. The van der Waals surface area contributed by atoms with E-state index in [1.54, 1.807) is 0 Å². The minimum atomic E-state index is -0.246. The van der Waals surface area contributed by atoms with Crippen LogP contribution in [0, 0.1) is 5.92 Å². The highest BCUT2D eigenvalue weighted by atomic mass is 16.3. The van der Waals surface area contributed by atoms with Crippen LogP contribution in [-0.2, 0) is 6.42 Å². The third-order valence-electron chi connectivity index (χ3n) is 2.86. The number of allylic oxidation sites excluding steroid dienone is 1. The van der Waals surface area contributed by atoms with Gasteiger partial charge in [-0.05, 0) is 30.7 Å². The quantitative estimate of drug-likeness (QED) is 0.707. The summed E-state index contributed by atoms with van der Waals surface area (Å²) >= 11 is 0. The molecule has 1 aromatic rings. The van der Waals surface area contributed by atoms with Crippen molar-refractivity contribution >= 4 is 0 Å². The van der Waals surface area contributed by atoms with Gasteiger partial charge in [-0.2, -0.15) is 0 Å². The molecule has 0 bridgehead atoms. The summed E-state index contributed by atoms with van der Waals surface area (Å²) in [5, 5.41) is 9.74. The van der Waals surface area contributed by atoms with Gasteiger partial charge in [0.05, 0.1) is 6.10 Å². The molecule has 2 atom stereocenters. The summed E-state index contributed by atoms with van der Waals surface area (Å²) in [6.45, 7) is 0. The average molecular weight is 188 g/mol. The minimum Gasteiger partial charge on any atom is -0.389 e. The molecular formula is C13H16O. The third kappa shape index (κ3) is 2.24. The van der Waals surface area contributed by atoms with Crippen LogP contribution in [0.4, 0.5) is 0 Å². The van der Waals surface area contributed by atoms with Crippen LogP contribution >= 0.6 is 0 Å². The number of aliphatic hydroxyl groups excluding tert-OH is 1. The molecule has 14 heavy (non-hydrogen) atoms. The number of benzene rings is 1. The summed E-state index contributed by atoms with van der Waals surface area (Å²) in [7, 11) is 0. The number of aliphatic hydroxyl groups is 1. The molecule has 0 unspecified atom stereocenters. The van der Waals surface area contributed by atoms with Crippen molar-refractivity contribution in [2.45, 2.75) is 25.4 Å². The predicted molar refractivity (Wildman–Crippen MR) is 58.0 cm³/mol. The fourth-order valence-electron chi connectivity index (χ4n) is 2.01. The first-order valence-electron chi connectivity index (χ1n) is 5.25. The summed E-state index contributed by atoms with van der Waals surface area (Å²) in [4.78, 5) is 0. The summed E-state index contributed by atoms with van der Waals surface area (Å²) in [5.74, 6) is 0.405. The van der Waals surface area contributed by atoms with Gasteiger partial charge in [0.15, 0.2) is 0 Å². The Labute approximate surface area is 85.1 Å². The molecule has 0 radical (unpaired) electrons. The van der Waals surface area contributed by atoms with E-state index in [1.165, 1.54) is 5.56 Å². The van der Waals surface area contributed by atoms with Gasteiger partial charge in [0, 0.05) is 0 Å². The van der Waals surface area contributed by atoms with E-state index in [-0.39, 0.29) is 6.10 Å². The van der Waals surface area contributed by atoms with Gasteiger partial charge in [0.25, 0.3) is 0 Å². The van der Waals surface area contributed by atoms with Gasteiger partial charge in [-0.15, -0.1) is 0 Å². The first-order valence-corrected chi connectivity index (χ1v) is 5.25. The first-order chi connectivity index (χ1) is 6.86. The lowest BCUT2D eigenvalue weighted by Crippen LogP contribution is -2.22. The maximum absolute atomic E-state index is 9.74. The van der Waals surface area contributed by atoms with Crippen LogP contribution in [0.1, 0.15) is 18.4 Å². The minimum absolute atomic E-state index is 0.246. The summed E-state index contributed by atoms with van der Waals surface area (Å²) in [6.07, 6.45) is 6.96. The lowest BCUT2D eigenvalue weighted by Gasteiger charge is -2.23. The van der Waals surface area contributed by atoms with E-state index in [0.29, 0.717) is 5.92 Å². The molecule has 1 N–H and O–H groups in total. The topological polar surface area (TPSA) is 20.2 Å². The molecule has 0 saturated heterocycles. The zero-order valence-corrected chi connectivity index (χ0v) is 8.26. The molecule has 0 aliphatic heterocycles. The highest BCUT2D eigenvalue weighted by molar-refractivity contribution is 5.16.